The van der Waals surface area contributed by atoms with E-state index in [1.807, 2.05) is 25.1 Å². The fraction of sp³-hybridized carbons (Fsp3) is 0.348. The monoisotopic (exact) mass is 380 g/mol. The van der Waals surface area contributed by atoms with Crippen LogP contribution in [0.3, 0.4) is 0 Å². The van der Waals surface area contributed by atoms with Crippen LogP contribution in [0, 0.1) is 12.3 Å². The molecule has 2 amide bonds. The average molecular weight is 380 g/mol. The summed E-state index contributed by atoms with van der Waals surface area (Å²) in [5, 5.41) is 5.69. The molecule has 148 valence electrons. The Morgan fingerprint density at radius 1 is 0.929 bits per heavy atom. The number of anilines is 2. The van der Waals surface area contributed by atoms with E-state index in [2.05, 4.69) is 24.5 Å². The predicted octanol–water partition coefficient (Wildman–Crippen LogP) is 4.92. The van der Waals surface area contributed by atoms with Gasteiger partial charge in [-0.2, -0.15) is 0 Å². The number of para-hydroxylation sites is 1. The summed E-state index contributed by atoms with van der Waals surface area (Å²) in [6, 6.07) is 12.5. The Labute approximate surface area is 166 Å². The van der Waals surface area contributed by atoms with Gasteiger partial charge in [0, 0.05) is 16.9 Å². The van der Waals surface area contributed by atoms with Gasteiger partial charge >= 0.3 is 0 Å². The van der Waals surface area contributed by atoms with Crippen LogP contribution in [0.5, 0.6) is 0 Å². The van der Waals surface area contributed by atoms with Crippen LogP contribution in [0.15, 0.2) is 42.5 Å². The quantitative estimate of drug-likeness (QED) is 0.551. The molecular weight excluding hydrogens is 352 g/mol. The van der Waals surface area contributed by atoms with Gasteiger partial charge in [0.05, 0.1) is 0 Å². The van der Waals surface area contributed by atoms with Crippen LogP contribution in [0.2, 0.25) is 0 Å². The number of nitrogens with one attached hydrogen (secondary N) is 2. The molecule has 0 saturated heterocycles. The summed E-state index contributed by atoms with van der Waals surface area (Å²) in [5.74, 6) is -0.676. The van der Waals surface area contributed by atoms with Crippen molar-refractivity contribution in [2.24, 2.45) is 5.41 Å². The predicted molar refractivity (Wildman–Crippen MR) is 113 cm³/mol. The number of benzene rings is 2. The van der Waals surface area contributed by atoms with Gasteiger partial charge in [0.15, 0.2) is 5.78 Å². The number of aryl methyl sites for hydroxylation is 1. The van der Waals surface area contributed by atoms with E-state index < -0.39 is 11.3 Å². The second kappa shape index (κ2) is 8.38. The van der Waals surface area contributed by atoms with Gasteiger partial charge in [-0.3, -0.25) is 14.4 Å². The van der Waals surface area contributed by atoms with Gasteiger partial charge in [-0.05, 0) is 56.9 Å². The highest BCUT2D eigenvalue weighted by Gasteiger charge is 2.36. The lowest BCUT2D eigenvalue weighted by atomic mass is 9.89. The summed E-state index contributed by atoms with van der Waals surface area (Å²) < 4.78 is 0. The Balaban J connectivity index is 2.22. The van der Waals surface area contributed by atoms with Crippen molar-refractivity contribution >= 4 is 29.0 Å². The molecule has 2 N–H and O–H groups in total. The van der Waals surface area contributed by atoms with Gasteiger partial charge in [-0.15, -0.1) is 0 Å². The summed E-state index contributed by atoms with van der Waals surface area (Å²) >= 11 is 0. The fourth-order valence-electron chi connectivity index (χ4n) is 2.82. The van der Waals surface area contributed by atoms with Crippen molar-refractivity contribution in [1.82, 2.24) is 0 Å². The van der Waals surface area contributed by atoms with E-state index in [0.29, 0.717) is 11.3 Å². The lowest BCUT2D eigenvalue weighted by Gasteiger charge is -2.25. The second-order valence-corrected chi connectivity index (χ2v) is 7.86. The Morgan fingerprint density at radius 2 is 1.54 bits per heavy atom. The van der Waals surface area contributed by atoms with E-state index in [-0.39, 0.29) is 17.6 Å². The van der Waals surface area contributed by atoms with Crippen LogP contribution in [0.1, 0.15) is 62.0 Å². The van der Waals surface area contributed by atoms with Crippen molar-refractivity contribution in [2.75, 3.05) is 10.6 Å². The summed E-state index contributed by atoms with van der Waals surface area (Å²) in [4.78, 5) is 37.3. The second-order valence-electron chi connectivity index (χ2n) is 7.86. The maximum atomic E-state index is 12.9. The highest BCUT2D eigenvalue weighted by atomic mass is 16.2. The van der Waals surface area contributed by atoms with Crippen LogP contribution in [-0.2, 0) is 9.59 Å². The third kappa shape index (κ3) is 4.66. The first-order valence-electron chi connectivity index (χ1n) is 9.37. The molecule has 0 aromatic heterocycles. The van der Waals surface area contributed by atoms with Crippen molar-refractivity contribution in [3.63, 3.8) is 0 Å². The average Bonchev–Trinajstić information content (AvgIpc) is 2.63. The number of hydrogen-bond donors (Lipinski definition) is 2. The zero-order valence-corrected chi connectivity index (χ0v) is 17.3. The molecule has 0 saturated carbocycles. The van der Waals surface area contributed by atoms with Crippen molar-refractivity contribution in [3.05, 3.63) is 59.2 Å². The lowest BCUT2D eigenvalue weighted by Crippen LogP contribution is -2.42. The van der Waals surface area contributed by atoms with E-state index in [0.717, 1.165) is 16.8 Å². The molecule has 2 rings (SSSR count). The molecule has 0 aliphatic heterocycles. The Bertz CT molecular complexity index is 914. The van der Waals surface area contributed by atoms with Crippen molar-refractivity contribution in [1.29, 1.82) is 0 Å². The fourth-order valence-corrected chi connectivity index (χ4v) is 2.82. The number of amides is 2. The first-order valence-corrected chi connectivity index (χ1v) is 9.37. The van der Waals surface area contributed by atoms with Crippen LogP contribution in [-0.4, -0.2) is 17.6 Å². The molecule has 2 aromatic rings. The molecule has 0 atom stereocenters. The summed E-state index contributed by atoms with van der Waals surface area (Å²) in [6.45, 7) is 10.7. The lowest BCUT2D eigenvalue weighted by molar-refractivity contribution is -0.135. The van der Waals surface area contributed by atoms with E-state index in [1.54, 1.807) is 38.1 Å². The minimum absolute atomic E-state index is 0.0890. The third-order valence-corrected chi connectivity index (χ3v) is 4.83. The van der Waals surface area contributed by atoms with Crippen molar-refractivity contribution in [2.45, 2.75) is 47.5 Å². The smallest absolute Gasteiger partial charge is 0.239 e. The van der Waals surface area contributed by atoms with Gasteiger partial charge in [0.25, 0.3) is 0 Å². The number of Topliss-reactive ketones (excluding diaryl/α,β-unsaturated/α-hetero) is 1. The zero-order chi connectivity index (χ0) is 21.1. The van der Waals surface area contributed by atoms with Crippen molar-refractivity contribution in [3.8, 4) is 0 Å². The number of carbonyl (C=O) groups excluding carboxylic acids is 3. The highest BCUT2D eigenvalue weighted by Crippen LogP contribution is 2.30. The first kappa shape index (κ1) is 21.4. The molecule has 0 heterocycles. The Hall–Kier alpha value is -2.95. The Morgan fingerprint density at radius 3 is 2.14 bits per heavy atom. The summed E-state index contributed by atoms with van der Waals surface area (Å²) in [6.07, 6.45) is 0. The number of carbonyl (C=O) groups is 3. The molecule has 2 aromatic carbocycles. The molecule has 0 radical (unpaired) electrons. The number of ketones is 1. The van der Waals surface area contributed by atoms with Crippen LogP contribution in [0.4, 0.5) is 11.4 Å². The molecule has 0 spiro atoms. The van der Waals surface area contributed by atoms with Gasteiger partial charge in [0.1, 0.15) is 5.41 Å². The zero-order valence-electron chi connectivity index (χ0n) is 17.3. The van der Waals surface area contributed by atoms with E-state index >= 15 is 0 Å². The summed E-state index contributed by atoms with van der Waals surface area (Å²) in [5.41, 5.74) is 2.41. The topological polar surface area (TPSA) is 75.3 Å². The van der Waals surface area contributed by atoms with E-state index in [9.17, 15) is 14.4 Å². The molecule has 0 aliphatic carbocycles. The molecule has 5 heteroatoms. The largest absolute Gasteiger partial charge is 0.325 e. The maximum absolute atomic E-state index is 12.9. The normalized spacial score (nSPS) is 11.2. The van der Waals surface area contributed by atoms with Crippen LogP contribution < -0.4 is 10.6 Å². The molecule has 0 fully saturated rings. The summed E-state index contributed by atoms with van der Waals surface area (Å²) in [7, 11) is 0. The number of rotatable bonds is 6. The van der Waals surface area contributed by atoms with Crippen LogP contribution >= 0.6 is 0 Å². The van der Waals surface area contributed by atoms with Gasteiger partial charge in [0.2, 0.25) is 11.8 Å². The molecule has 0 unspecified atom stereocenters. The molecule has 28 heavy (non-hydrogen) atoms. The molecule has 5 nitrogen and oxygen atoms in total. The van der Waals surface area contributed by atoms with E-state index in [4.69, 9.17) is 0 Å². The minimum Gasteiger partial charge on any atom is -0.325 e. The van der Waals surface area contributed by atoms with E-state index in [1.165, 1.54) is 6.92 Å². The van der Waals surface area contributed by atoms with Crippen LogP contribution in [0.25, 0.3) is 0 Å². The van der Waals surface area contributed by atoms with Gasteiger partial charge in [-0.1, -0.05) is 44.2 Å². The standard InChI is InChI=1S/C23H28N2O3/c1-14(2)19-12-7-9-15(3)20(19)25-22(28)23(5,6)21(27)24-18-11-8-10-17(13-18)16(4)26/h7-14H,1-6H3,(H,24,27)(H,25,28). The van der Waals surface area contributed by atoms with Gasteiger partial charge in [-0.25, -0.2) is 0 Å². The third-order valence-electron chi connectivity index (χ3n) is 4.83. The maximum Gasteiger partial charge on any atom is 0.239 e. The van der Waals surface area contributed by atoms with Crippen molar-refractivity contribution < 1.29 is 14.4 Å². The Kier molecular flexibility index (Phi) is 6.39. The minimum atomic E-state index is -1.30. The molecular formula is C23H28N2O3. The molecule has 0 aliphatic rings. The van der Waals surface area contributed by atoms with Gasteiger partial charge < -0.3 is 10.6 Å². The first-order chi connectivity index (χ1) is 13.0. The number of hydrogen-bond acceptors (Lipinski definition) is 3. The molecule has 0 bridgehead atoms. The SMILES string of the molecule is CC(=O)c1cccc(NC(=O)C(C)(C)C(=O)Nc2c(C)cccc2C(C)C)c1. The highest BCUT2D eigenvalue weighted by molar-refractivity contribution is 6.14.